The van der Waals surface area contributed by atoms with E-state index < -0.39 is 17.6 Å². The van der Waals surface area contributed by atoms with Crippen LogP contribution in [0.15, 0.2) is 42.6 Å². The van der Waals surface area contributed by atoms with Crippen molar-refractivity contribution in [2.45, 2.75) is 38.1 Å². The number of benzene rings is 1. The molecule has 0 fully saturated rings. The molecule has 0 saturated heterocycles. The lowest BCUT2D eigenvalue weighted by Crippen LogP contribution is -2.41. The predicted octanol–water partition coefficient (Wildman–Crippen LogP) is 3.40. The fraction of sp³-hybridized carbons (Fsp3) is 0.304. The molecular formula is C23H22F2N2O3. The summed E-state index contributed by atoms with van der Waals surface area (Å²) in [5, 5.41) is 9.32. The zero-order chi connectivity index (χ0) is 21.4. The summed E-state index contributed by atoms with van der Waals surface area (Å²) in [7, 11) is 1.73. The van der Waals surface area contributed by atoms with Gasteiger partial charge in [-0.1, -0.05) is 12.1 Å². The third kappa shape index (κ3) is 3.67. The SMILES string of the molecule is CN(C(=O)Cc1ccc(F)c(F)c1)[C@@H]1CCc2c(CC(=O)O)c3ccccn3c2C1. The average Bonchev–Trinajstić information content (AvgIpc) is 3.03. The molecular weight excluding hydrogens is 390 g/mol. The van der Waals surface area contributed by atoms with E-state index in [2.05, 4.69) is 0 Å². The molecule has 0 radical (unpaired) electrons. The molecule has 1 aliphatic carbocycles. The van der Waals surface area contributed by atoms with Crippen molar-refractivity contribution in [3.63, 3.8) is 0 Å². The molecule has 0 unspecified atom stereocenters. The van der Waals surface area contributed by atoms with Crippen LogP contribution in [-0.4, -0.2) is 39.4 Å². The Balaban J connectivity index is 1.57. The molecule has 0 saturated carbocycles. The molecule has 5 nitrogen and oxygen atoms in total. The van der Waals surface area contributed by atoms with Crippen molar-refractivity contribution in [2.24, 2.45) is 0 Å². The van der Waals surface area contributed by atoms with Gasteiger partial charge >= 0.3 is 5.97 Å². The zero-order valence-corrected chi connectivity index (χ0v) is 16.6. The smallest absolute Gasteiger partial charge is 0.307 e. The van der Waals surface area contributed by atoms with Crippen molar-refractivity contribution < 1.29 is 23.5 Å². The quantitative estimate of drug-likeness (QED) is 0.699. The van der Waals surface area contributed by atoms with E-state index in [1.807, 2.05) is 28.8 Å². The van der Waals surface area contributed by atoms with Gasteiger partial charge in [-0.2, -0.15) is 0 Å². The Kier molecular flexibility index (Phi) is 5.28. The summed E-state index contributed by atoms with van der Waals surface area (Å²) in [5.41, 5.74) is 4.25. The third-order valence-electron chi connectivity index (χ3n) is 5.94. The number of fused-ring (bicyclic) bond motifs is 3. The Morgan fingerprint density at radius 1 is 1.17 bits per heavy atom. The van der Waals surface area contributed by atoms with E-state index in [9.17, 15) is 23.5 Å². The minimum Gasteiger partial charge on any atom is -0.481 e. The highest BCUT2D eigenvalue weighted by Gasteiger charge is 2.30. The second kappa shape index (κ2) is 7.89. The number of halogens is 2. The van der Waals surface area contributed by atoms with Crippen molar-refractivity contribution in [2.75, 3.05) is 7.05 Å². The highest BCUT2D eigenvalue weighted by molar-refractivity contribution is 5.79. The molecule has 1 aromatic carbocycles. The maximum atomic E-state index is 13.4. The van der Waals surface area contributed by atoms with Crippen molar-refractivity contribution in [1.29, 1.82) is 0 Å². The molecule has 7 heteroatoms. The molecule has 1 aliphatic rings. The first-order valence-corrected chi connectivity index (χ1v) is 9.86. The van der Waals surface area contributed by atoms with Gasteiger partial charge in [-0.3, -0.25) is 9.59 Å². The van der Waals surface area contributed by atoms with Gasteiger partial charge in [0.2, 0.25) is 5.91 Å². The average molecular weight is 412 g/mol. The van der Waals surface area contributed by atoms with Gasteiger partial charge in [0, 0.05) is 36.9 Å². The van der Waals surface area contributed by atoms with Gasteiger partial charge in [0.1, 0.15) is 0 Å². The molecule has 1 amide bonds. The van der Waals surface area contributed by atoms with Crippen LogP contribution in [0.1, 0.15) is 28.8 Å². The maximum absolute atomic E-state index is 13.4. The molecule has 0 spiro atoms. The van der Waals surface area contributed by atoms with Gasteiger partial charge in [0.05, 0.1) is 12.8 Å². The Morgan fingerprint density at radius 2 is 1.97 bits per heavy atom. The standard InChI is InChI=1S/C23H22F2N2O3/c1-26(22(28)11-14-5-8-18(24)19(25)10-14)15-6-7-16-17(13-23(29)30)20-4-2-3-9-27(20)21(16)12-15/h2-5,8-10,15H,6-7,11-13H2,1H3,(H,29,30)/t15-/m1/s1. The van der Waals surface area contributed by atoms with Crippen LogP contribution in [-0.2, 0) is 35.3 Å². The molecule has 4 rings (SSSR count). The van der Waals surface area contributed by atoms with Crippen molar-refractivity contribution in [3.8, 4) is 0 Å². The number of aliphatic carboxylic acids is 1. The van der Waals surface area contributed by atoms with Crippen LogP contribution in [0, 0.1) is 11.6 Å². The van der Waals surface area contributed by atoms with E-state index in [1.54, 1.807) is 11.9 Å². The molecule has 156 valence electrons. The maximum Gasteiger partial charge on any atom is 0.307 e. The van der Waals surface area contributed by atoms with E-state index >= 15 is 0 Å². The van der Waals surface area contributed by atoms with Gasteiger partial charge in [0.15, 0.2) is 11.6 Å². The van der Waals surface area contributed by atoms with E-state index in [1.165, 1.54) is 6.07 Å². The number of nitrogens with zero attached hydrogens (tertiary/aromatic N) is 2. The molecule has 2 heterocycles. The van der Waals surface area contributed by atoms with Crippen molar-refractivity contribution in [1.82, 2.24) is 9.30 Å². The second-order valence-electron chi connectivity index (χ2n) is 7.76. The highest BCUT2D eigenvalue weighted by Crippen LogP contribution is 2.32. The molecule has 3 aromatic rings. The van der Waals surface area contributed by atoms with Crippen LogP contribution in [0.25, 0.3) is 5.52 Å². The minimum atomic E-state index is -0.962. The third-order valence-corrected chi connectivity index (χ3v) is 5.94. The van der Waals surface area contributed by atoms with Crippen LogP contribution in [0.4, 0.5) is 8.78 Å². The lowest BCUT2D eigenvalue weighted by molar-refractivity contribution is -0.136. The second-order valence-corrected chi connectivity index (χ2v) is 7.76. The number of hydrogen-bond donors (Lipinski definition) is 1. The number of carboxylic acid groups (broad SMARTS) is 1. The molecule has 30 heavy (non-hydrogen) atoms. The lowest BCUT2D eigenvalue weighted by atomic mass is 9.89. The molecule has 2 aromatic heterocycles. The summed E-state index contributed by atoms with van der Waals surface area (Å²) in [5.74, 6) is -2.93. The van der Waals surface area contributed by atoms with Crippen LogP contribution < -0.4 is 0 Å². The Morgan fingerprint density at radius 3 is 2.70 bits per heavy atom. The van der Waals surface area contributed by atoms with Gasteiger partial charge in [0.25, 0.3) is 0 Å². The molecule has 0 bridgehead atoms. The number of rotatable bonds is 5. The largest absolute Gasteiger partial charge is 0.481 e. The number of hydrogen-bond acceptors (Lipinski definition) is 2. The highest BCUT2D eigenvalue weighted by atomic mass is 19.2. The number of aromatic nitrogens is 1. The number of carbonyl (C=O) groups excluding carboxylic acids is 1. The molecule has 1 atom stereocenters. The van der Waals surface area contributed by atoms with Crippen LogP contribution in [0.2, 0.25) is 0 Å². The number of pyridine rings is 1. The summed E-state index contributed by atoms with van der Waals surface area (Å²) in [6, 6.07) is 9.16. The summed E-state index contributed by atoms with van der Waals surface area (Å²) in [6.07, 6.45) is 3.91. The van der Waals surface area contributed by atoms with Crippen LogP contribution >= 0.6 is 0 Å². The Hall–Kier alpha value is -3.22. The van der Waals surface area contributed by atoms with Crippen molar-refractivity contribution in [3.05, 3.63) is 76.6 Å². The fourth-order valence-corrected chi connectivity index (χ4v) is 4.38. The van der Waals surface area contributed by atoms with E-state index in [4.69, 9.17) is 0 Å². The Bertz CT molecular complexity index is 1140. The summed E-state index contributed by atoms with van der Waals surface area (Å²) >= 11 is 0. The summed E-state index contributed by atoms with van der Waals surface area (Å²) in [4.78, 5) is 25.8. The first-order chi connectivity index (χ1) is 14.3. The first kappa shape index (κ1) is 20.1. The first-order valence-electron chi connectivity index (χ1n) is 9.86. The molecule has 1 N–H and O–H groups in total. The fourth-order valence-electron chi connectivity index (χ4n) is 4.38. The zero-order valence-electron chi connectivity index (χ0n) is 16.6. The predicted molar refractivity (Wildman–Crippen MR) is 107 cm³/mol. The number of amides is 1. The van der Waals surface area contributed by atoms with Crippen LogP contribution in [0.5, 0.6) is 0 Å². The summed E-state index contributed by atoms with van der Waals surface area (Å²) < 4.78 is 28.6. The minimum absolute atomic E-state index is 0.00375. The number of carbonyl (C=O) groups is 2. The van der Waals surface area contributed by atoms with Gasteiger partial charge < -0.3 is 14.4 Å². The normalized spacial score (nSPS) is 15.8. The molecule has 0 aliphatic heterocycles. The summed E-state index contributed by atoms with van der Waals surface area (Å²) in [6.45, 7) is 0. The van der Waals surface area contributed by atoms with Gasteiger partial charge in [-0.05, 0) is 53.8 Å². The van der Waals surface area contributed by atoms with Crippen LogP contribution in [0.3, 0.4) is 0 Å². The Labute approximate surface area is 172 Å². The van der Waals surface area contributed by atoms with Crippen molar-refractivity contribution >= 4 is 17.4 Å². The van der Waals surface area contributed by atoms with E-state index in [0.717, 1.165) is 40.9 Å². The lowest BCUT2D eigenvalue weighted by Gasteiger charge is -2.32. The topological polar surface area (TPSA) is 62.0 Å². The number of carboxylic acids is 1. The monoisotopic (exact) mass is 412 g/mol. The van der Waals surface area contributed by atoms with E-state index in [-0.39, 0.29) is 24.8 Å². The number of likely N-dealkylation sites (N-methyl/N-ethyl adjacent to an activating group) is 1. The van der Waals surface area contributed by atoms with Gasteiger partial charge in [-0.15, -0.1) is 0 Å². The van der Waals surface area contributed by atoms with E-state index in [0.29, 0.717) is 18.4 Å². The van der Waals surface area contributed by atoms with Gasteiger partial charge in [-0.25, -0.2) is 8.78 Å².